The van der Waals surface area contributed by atoms with E-state index >= 15 is 0 Å². The standard InChI is InChI=1S/C2H4O2.C2H6O.C2H4O/c1-2(3)4;2*1-2-3/h1H3,(H,3,4);3H,2H2,1H3;2H,1H3. The Bertz CT molecular complexity index is 66.1. The van der Waals surface area contributed by atoms with Crippen molar-refractivity contribution in [2.75, 3.05) is 6.61 Å². The zero-order valence-corrected chi connectivity index (χ0v) is 6.50. The van der Waals surface area contributed by atoms with Crippen molar-refractivity contribution in [3.8, 4) is 0 Å². The van der Waals surface area contributed by atoms with Gasteiger partial charge in [0.25, 0.3) is 5.97 Å². The number of aldehydes is 1. The van der Waals surface area contributed by atoms with E-state index in [1.807, 2.05) is 0 Å². The smallest absolute Gasteiger partial charge is 0.300 e. The summed E-state index contributed by atoms with van der Waals surface area (Å²) in [6, 6.07) is 0. The summed E-state index contributed by atoms with van der Waals surface area (Å²) in [5.41, 5.74) is 0. The number of carbonyl (C=O) groups is 2. The van der Waals surface area contributed by atoms with Crippen LogP contribution < -0.4 is 0 Å². The Labute approximate surface area is 60.5 Å². The van der Waals surface area contributed by atoms with Crippen molar-refractivity contribution in [2.45, 2.75) is 20.8 Å². The summed E-state index contributed by atoms with van der Waals surface area (Å²) in [7, 11) is 0. The number of hydrogen-bond acceptors (Lipinski definition) is 3. The van der Waals surface area contributed by atoms with Crippen LogP contribution in [0.3, 0.4) is 0 Å². The van der Waals surface area contributed by atoms with Crippen LogP contribution in [0.2, 0.25) is 0 Å². The third kappa shape index (κ3) is 326. The van der Waals surface area contributed by atoms with Crippen LogP contribution in [0.1, 0.15) is 20.8 Å². The molecule has 0 atom stereocenters. The lowest BCUT2D eigenvalue weighted by molar-refractivity contribution is -0.134. The summed E-state index contributed by atoms with van der Waals surface area (Å²) >= 11 is 0. The first-order chi connectivity index (χ1) is 4.56. The van der Waals surface area contributed by atoms with Crippen molar-refractivity contribution in [2.24, 2.45) is 0 Å². The largest absolute Gasteiger partial charge is 0.481 e. The molecule has 0 fully saturated rings. The van der Waals surface area contributed by atoms with E-state index in [2.05, 4.69) is 0 Å². The summed E-state index contributed by atoms with van der Waals surface area (Å²) in [4.78, 5) is 17.8. The minimum absolute atomic E-state index is 0.250. The molecule has 0 amide bonds. The quantitative estimate of drug-likeness (QED) is 0.487. The molecule has 0 saturated carbocycles. The molecular weight excluding hydrogens is 136 g/mol. The van der Waals surface area contributed by atoms with Crippen LogP contribution in [0.15, 0.2) is 0 Å². The zero-order valence-electron chi connectivity index (χ0n) is 6.50. The summed E-state index contributed by atoms with van der Waals surface area (Å²) in [6.45, 7) is 4.46. The van der Waals surface area contributed by atoms with Gasteiger partial charge in [-0.2, -0.15) is 0 Å². The fourth-order valence-corrected chi connectivity index (χ4v) is 0. The van der Waals surface area contributed by atoms with E-state index < -0.39 is 5.97 Å². The Kier molecular flexibility index (Phi) is 39.0. The topological polar surface area (TPSA) is 74.6 Å². The van der Waals surface area contributed by atoms with Gasteiger partial charge in [-0.1, -0.05) is 0 Å². The van der Waals surface area contributed by atoms with Gasteiger partial charge in [0.1, 0.15) is 6.29 Å². The van der Waals surface area contributed by atoms with Crippen LogP contribution in [0, 0.1) is 0 Å². The summed E-state index contributed by atoms with van der Waals surface area (Å²) < 4.78 is 0. The Hall–Kier alpha value is -0.900. The first-order valence-corrected chi connectivity index (χ1v) is 2.76. The van der Waals surface area contributed by atoms with Gasteiger partial charge in [0.05, 0.1) is 0 Å². The van der Waals surface area contributed by atoms with Gasteiger partial charge < -0.3 is 15.0 Å². The fourth-order valence-electron chi connectivity index (χ4n) is 0. The Morgan fingerprint density at radius 3 is 1.60 bits per heavy atom. The molecule has 0 heterocycles. The predicted octanol–water partition coefficient (Wildman–Crippen LogP) is 0.295. The second kappa shape index (κ2) is 24.3. The molecule has 4 heteroatoms. The van der Waals surface area contributed by atoms with Crippen molar-refractivity contribution in [3.63, 3.8) is 0 Å². The number of aliphatic hydroxyl groups excluding tert-OH is 1. The normalized spacial score (nSPS) is 5.60. The van der Waals surface area contributed by atoms with E-state index in [1.54, 1.807) is 6.92 Å². The number of carboxylic acid groups (broad SMARTS) is 1. The third-order valence-electron chi connectivity index (χ3n) is 0. The van der Waals surface area contributed by atoms with Gasteiger partial charge in [-0.15, -0.1) is 0 Å². The minimum Gasteiger partial charge on any atom is -0.481 e. The summed E-state index contributed by atoms with van der Waals surface area (Å²) in [5, 5.41) is 15.0. The summed E-state index contributed by atoms with van der Waals surface area (Å²) in [6.07, 6.45) is 0.750. The van der Waals surface area contributed by atoms with Crippen molar-refractivity contribution in [1.29, 1.82) is 0 Å². The first kappa shape index (κ1) is 16.0. The Morgan fingerprint density at radius 2 is 1.60 bits per heavy atom. The van der Waals surface area contributed by atoms with E-state index in [0.29, 0.717) is 0 Å². The highest BCUT2D eigenvalue weighted by Gasteiger charge is 1.65. The minimum atomic E-state index is -0.833. The number of carboxylic acids is 1. The molecule has 0 radical (unpaired) electrons. The number of rotatable bonds is 0. The van der Waals surface area contributed by atoms with Crippen LogP contribution in [0.25, 0.3) is 0 Å². The molecule has 2 N–H and O–H groups in total. The van der Waals surface area contributed by atoms with Gasteiger partial charge in [0.2, 0.25) is 0 Å². The van der Waals surface area contributed by atoms with Crippen molar-refractivity contribution in [3.05, 3.63) is 0 Å². The molecule has 0 aliphatic heterocycles. The molecule has 0 aliphatic carbocycles. The number of aliphatic hydroxyl groups is 1. The van der Waals surface area contributed by atoms with Crippen LogP contribution in [-0.4, -0.2) is 29.1 Å². The van der Waals surface area contributed by atoms with E-state index in [-0.39, 0.29) is 6.61 Å². The second-order valence-corrected chi connectivity index (χ2v) is 1.07. The highest BCUT2D eigenvalue weighted by Crippen LogP contribution is 1.42. The number of hydrogen-bond donors (Lipinski definition) is 2. The van der Waals surface area contributed by atoms with Gasteiger partial charge in [-0.05, 0) is 13.8 Å². The number of aliphatic carboxylic acids is 1. The van der Waals surface area contributed by atoms with E-state index in [9.17, 15) is 0 Å². The van der Waals surface area contributed by atoms with Gasteiger partial charge >= 0.3 is 0 Å². The SMILES string of the molecule is CC(=O)O.CC=O.CCO. The van der Waals surface area contributed by atoms with Gasteiger partial charge in [0, 0.05) is 13.5 Å². The maximum Gasteiger partial charge on any atom is 0.300 e. The average Bonchev–Trinajstić information content (AvgIpc) is 1.65. The van der Waals surface area contributed by atoms with Crippen molar-refractivity contribution < 1.29 is 19.8 Å². The van der Waals surface area contributed by atoms with Crippen LogP contribution in [0.4, 0.5) is 0 Å². The molecule has 0 unspecified atom stereocenters. The monoisotopic (exact) mass is 150 g/mol. The van der Waals surface area contributed by atoms with E-state index in [4.69, 9.17) is 19.8 Å². The second-order valence-electron chi connectivity index (χ2n) is 1.07. The first-order valence-electron chi connectivity index (χ1n) is 2.76. The summed E-state index contributed by atoms with van der Waals surface area (Å²) in [5.74, 6) is -0.833. The molecule has 0 saturated heterocycles. The van der Waals surface area contributed by atoms with Gasteiger partial charge in [0.15, 0.2) is 0 Å². The van der Waals surface area contributed by atoms with Gasteiger partial charge in [-0.3, -0.25) is 4.79 Å². The van der Waals surface area contributed by atoms with Crippen molar-refractivity contribution in [1.82, 2.24) is 0 Å². The Balaban J connectivity index is -0.0000000750. The van der Waals surface area contributed by atoms with Crippen LogP contribution in [-0.2, 0) is 9.59 Å². The third-order valence-corrected chi connectivity index (χ3v) is 0. The molecule has 62 valence electrons. The highest BCUT2D eigenvalue weighted by atomic mass is 16.4. The maximum absolute atomic E-state index is 9.00. The molecule has 0 spiro atoms. The highest BCUT2D eigenvalue weighted by molar-refractivity contribution is 5.62. The molecule has 0 aromatic carbocycles. The van der Waals surface area contributed by atoms with Crippen LogP contribution in [0.5, 0.6) is 0 Å². The molecule has 0 aromatic rings. The van der Waals surface area contributed by atoms with Gasteiger partial charge in [-0.25, -0.2) is 0 Å². The van der Waals surface area contributed by atoms with E-state index in [0.717, 1.165) is 13.2 Å². The lowest BCUT2D eigenvalue weighted by atomic mass is 10.9. The van der Waals surface area contributed by atoms with Crippen LogP contribution >= 0.6 is 0 Å². The maximum atomic E-state index is 9.00. The molecule has 0 aliphatic rings. The average molecular weight is 150 g/mol. The fraction of sp³-hybridized carbons (Fsp3) is 0.667. The Morgan fingerprint density at radius 1 is 1.60 bits per heavy atom. The molecule has 0 aromatic heterocycles. The van der Waals surface area contributed by atoms with E-state index in [1.165, 1.54) is 6.92 Å². The lowest BCUT2D eigenvalue weighted by Crippen LogP contribution is -1.78. The molecule has 0 bridgehead atoms. The molecular formula is C6H14O4. The lowest BCUT2D eigenvalue weighted by Gasteiger charge is -1.59. The predicted molar refractivity (Wildman–Crippen MR) is 37.8 cm³/mol. The molecule has 0 rings (SSSR count). The zero-order chi connectivity index (χ0) is 8.99. The molecule has 10 heavy (non-hydrogen) atoms. The van der Waals surface area contributed by atoms with Crippen molar-refractivity contribution >= 4 is 12.3 Å². The molecule has 4 nitrogen and oxygen atoms in total. The number of carbonyl (C=O) groups excluding carboxylic acids is 1.